The Morgan fingerprint density at radius 2 is 2.18 bits per heavy atom. The van der Waals surface area contributed by atoms with Crippen LogP contribution in [0.5, 0.6) is 0 Å². The molecule has 22 heavy (non-hydrogen) atoms. The Kier molecular flexibility index (Phi) is 5.44. The van der Waals surface area contributed by atoms with Crippen LogP contribution in [0, 0.1) is 0 Å². The molecule has 1 aliphatic carbocycles. The van der Waals surface area contributed by atoms with Crippen molar-refractivity contribution in [2.45, 2.75) is 25.4 Å². The number of ether oxygens (including phenoxy) is 1. The van der Waals surface area contributed by atoms with Crippen molar-refractivity contribution in [3.63, 3.8) is 0 Å². The van der Waals surface area contributed by atoms with Crippen LogP contribution in [0.15, 0.2) is 0 Å². The molecule has 0 amide bonds. The van der Waals surface area contributed by atoms with E-state index in [9.17, 15) is 0 Å². The van der Waals surface area contributed by atoms with E-state index in [1.165, 1.54) is 10.4 Å². The smallest absolute Gasteiger partial charge is 0.222 e. The molecule has 3 rings (SSSR count). The molecule has 2 heterocycles. The molecular weight excluding hydrogens is 322 g/mol. The number of hydrogen-bond donors (Lipinski definition) is 2. The van der Waals surface area contributed by atoms with Gasteiger partial charge < -0.3 is 21.1 Å². The van der Waals surface area contributed by atoms with Crippen LogP contribution in [0.4, 0.5) is 11.8 Å². The molecule has 0 aromatic carbocycles. The van der Waals surface area contributed by atoms with Crippen LogP contribution in [0.25, 0.3) is 10.2 Å². The number of nitrogens with zero attached hydrogens (tertiary/aromatic N) is 3. The minimum atomic E-state index is 0. The Hall–Kier alpha value is -1.15. The zero-order valence-electron chi connectivity index (χ0n) is 12.8. The summed E-state index contributed by atoms with van der Waals surface area (Å²) in [6.07, 6.45) is 3.28. The quantitative estimate of drug-likeness (QED) is 0.876. The van der Waals surface area contributed by atoms with E-state index in [2.05, 4.69) is 14.9 Å². The zero-order chi connectivity index (χ0) is 15.0. The van der Waals surface area contributed by atoms with Crippen LogP contribution in [-0.4, -0.2) is 43.3 Å². The van der Waals surface area contributed by atoms with Gasteiger partial charge in [0.2, 0.25) is 5.95 Å². The van der Waals surface area contributed by atoms with Gasteiger partial charge in [0.15, 0.2) is 5.82 Å². The summed E-state index contributed by atoms with van der Waals surface area (Å²) < 4.78 is 6.63. The number of aryl methyl sites for hydroxylation is 1. The second-order valence-electron chi connectivity index (χ2n) is 5.40. The number of methoxy groups -OCH3 is 1. The molecule has 0 bridgehead atoms. The second-order valence-corrected chi connectivity index (χ2v) is 6.50. The van der Waals surface area contributed by atoms with Gasteiger partial charge in [-0.15, -0.1) is 23.7 Å². The van der Waals surface area contributed by atoms with Gasteiger partial charge in [-0.05, 0) is 18.4 Å². The average molecular weight is 344 g/mol. The van der Waals surface area contributed by atoms with Gasteiger partial charge in [-0.2, -0.15) is 4.98 Å². The lowest BCUT2D eigenvalue weighted by Crippen LogP contribution is -2.26. The first-order valence-electron chi connectivity index (χ1n) is 7.15. The minimum Gasteiger partial charge on any atom is -0.381 e. The van der Waals surface area contributed by atoms with Crippen molar-refractivity contribution >= 4 is 45.7 Å². The first-order valence-corrected chi connectivity index (χ1v) is 7.97. The van der Waals surface area contributed by atoms with Crippen LogP contribution in [0.2, 0.25) is 0 Å². The van der Waals surface area contributed by atoms with E-state index in [-0.39, 0.29) is 18.5 Å². The van der Waals surface area contributed by atoms with E-state index in [0.717, 1.165) is 41.8 Å². The minimum absolute atomic E-state index is 0. The number of halogens is 1. The maximum absolute atomic E-state index is 5.91. The van der Waals surface area contributed by atoms with Crippen molar-refractivity contribution in [2.24, 2.45) is 5.73 Å². The predicted octanol–water partition coefficient (Wildman–Crippen LogP) is 1.59. The maximum Gasteiger partial charge on any atom is 0.222 e. The number of rotatable bonds is 4. The third-order valence-electron chi connectivity index (χ3n) is 4.00. The molecule has 122 valence electrons. The van der Waals surface area contributed by atoms with E-state index >= 15 is 0 Å². The Bertz CT molecular complexity index is 662. The number of fused-ring (bicyclic) bond motifs is 3. The van der Waals surface area contributed by atoms with Gasteiger partial charge in [0.05, 0.1) is 16.3 Å². The fourth-order valence-electron chi connectivity index (χ4n) is 2.86. The largest absolute Gasteiger partial charge is 0.381 e. The number of aromatic nitrogens is 2. The predicted molar refractivity (Wildman–Crippen MR) is 94.2 cm³/mol. The van der Waals surface area contributed by atoms with Gasteiger partial charge in [-0.1, -0.05) is 0 Å². The third kappa shape index (κ3) is 2.99. The normalized spacial score (nSPS) is 17.1. The first-order chi connectivity index (χ1) is 10.1. The summed E-state index contributed by atoms with van der Waals surface area (Å²) in [4.78, 5) is 12.3. The van der Waals surface area contributed by atoms with E-state index in [4.69, 9.17) is 16.2 Å². The van der Waals surface area contributed by atoms with Gasteiger partial charge >= 0.3 is 0 Å². The van der Waals surface area contributed by atoms with Crippen LogP contribution in [0.1, 0.15) is 16.9 Å². The van der Waals surface area contributed by atoms with Gasteiger partial charge in [0.1, 0.15) is 0 Å². The molecule has 1 aliphatic rings. The van der Waals surface area contributed by atoms with Gasteiger partial charge in [-0.25, -0.2) is 4.98 Å². The summed E-state index contributed by atoms with van der Waals surface area (Å²) >= 11 is 1.78. The van der Waals surface area contributed by atoms with Crippen molar-refractivity contribution in [2.75, 3.05) is 37.9 Å². The van der Waals surface area contributed by atoms with Crippen LogP contribution >= 0.6 is 23.7 Å². The Morgan fingerprint density at radius 3 is 2.86 bits per heavy atom. The topological polar surface area (TPSA) is 90.3 Å². The molecule has 6 nitrogen and oxygen atoms in total. The Labute approximate surface area is 140 Å². The summed E-state index contributed by atoms with van der Waals surface area (Å²) in [5.41, 5.74) is 13.8. The van der Waals surface area contributed by atoms with Crippen LogP contribution in [-0.2, 0) is 17.6 Å². The number of thiophene rings is 1. The van der Waals surface area contributed by atoms with Crippen LogP contribution < -0.4 is 16.4 Å². The number of likely N-dealkylation sites (N-methyl/N-ethyl adjacent to an activating group) is 1. The maximum atomic E-state index is 5.91. The standard InChI is InChI=1S/C14H21N5OS.ClH/c1-19(6-5-15)13-12-11(17-14(16)18-13)9-7-8(20-2)3-4-10(9)21-12;/h8H,3-7,15H2,1-2H3,(H2,16,17,18);1H. The average Bonchev–Trinajstić information content (AvgIpc) is 2.84. The molecule has 0 aliphatic heterocycles. The molecular formula is C14H22ClN5OS. The SMILES string of the molecule is COC1CCc2sc3c(N(C)CCN)nc(N)nc3c2C1.Cl. The molecule has 4 N–H and O–H groups in total. The third-order valence-corrected chi connectivity index (χ3v) is 5.27. The molecule has 1 unspecified atom stereocenters. The van der Waals surface area contributed by atoms with E-state index in [1.807, 2.05) is 7.05 Å². The van der Waals surface area contributed by atoms with Crippen molar-refractivity contribution in [3.8, 4) is 0 Å². The highest BCUT2D eigenvalue weighted by Crippen LogP contribution is 2.39. The molecule has 0 spiro atoms. The molecule has 1 atom stereocenters. The van der Waals surface area contributed by atoms with Gasteiger partial charge in [0, 0.05) is 38.5 Å². The van der Waals surface area contributed by atoms with E-state index < -0.39 is 0 Å². The van der Waals surface area contributed by atoms with E-state index in [0.29, 0.717) is 12.5 Å². The second kappa shape index (κ2) is 6.95. The lowest BCUT2D eigenvalue weighted by Gasteiger charge is -2.20. The molecule has 2 aromatic rings. The molecule has 2 aromatic heterocycles. The molecule has 8 heteroatoms. The van der Waals surface area contributed by atoms with Crippen molar-refractivity contribution in [3.05, 3.63) is 10.4 Å². The Morgan fingerprint density at radius 1 is 1.41 bits per heavy atom. The Balaban J connectivity index is 0.00000176. The number of hydrogen-bond acceptors (Lipinski definition) is 7. The van der Waals surface area contributed by atoms with Crippen molar-refractivity contribution in [1.29, 1.82) is 0 Å². The molecule has 0 fully saturated rings. The molecule has 0 saturated carbocycles. The summed E-state index contributed by atoms with van der Waals surface area (Å²) in [7, 11) is 3.76. The summed E-state index contributed by atoms with van der Waals surface area (Å²) in [5, 5.41) is 0. The van der Waals surface area contributed by atoms with Crippen molar-refractivity contribution in [1.82, 2.24) is 9.97 Å². The lowest BCUT2D eigenvalue weighted by atomic mass is 9.95. The van der Waals surface area contributed by atoms with E-state index in [1.54, 1.807) is 18.4 Å². The first kappa shape index (κ1) is 17.2. The summed E-state index contributed by atoms with van der Waals surface area (Å²) in [6, 6.07) is 0. The van der Waals surface area contributed by atoms with Crippen molar-refractivity contribution < 1.29 is 4.74 Å². The lowest BCUT2D eigenvalue weighted by molar-refractivity contribution is 0.0919. The molecule has 0 radical (unpaired) electrons. The highest BCUT2D eigenvalue weighted by molar-refractivity contribution is 7.19. The van der Waals surface area contributed by atoms with Gasteiger partial charge in [-0.3, -0.25) is 0 Å². The highest BCUT2D eigenvalue weighted by atomic mass is 35.5. The monoisotopic (exact) mass is 343 g/mol. The van der Waals surface area contributed by atoms with Crippen LogP contribution in [0.3, 0.4) is 0 Å². The molecule has 0 saturated heterocycles. The summed E-state index contributed by atoms with van der Waals surface area (Å²) in [5.74, 6) is 1.21. The number of anilines is 2. The highest BCUT2D eigenvalue weighted by Gasteiger charge is 2.26. The summed E-state index contributed by atoms with van der Waals surface area (Å²) in [6.45, 7) is 1.33. The zero-order valence-corrected chi connectivity index (χ0v) is 14.5. The number of nitrogen functional groups attached to an aromatic ring is 1. The fourth-order valence-corrected chi connectivity index (χ4v) is 4.19. The number of nitrogens with two attached hydrogens (primary N) is 2. The fraction of sp³-hybridized carbons (Fsp3) is 0.571. The van der Waals surface area contributed by atoms with Gasteiger partial charge in [0.25, 0.3) is 0 Å².